The normalized spacial score (nSPS) is 12.8. The molecule has 1 heterocycles. The molecular weight excluding hydrogens is 196 g/mol. The molecule has 1 rings (SSSR count). The van der Waals surface area contributed by atoms with Crippen molar-refractivity contribution in [2.45, 2.75) is 12.5 Å². The van der Waals surface area contributed by atoms with Crippen LogP contribution in [0.1, 0.15) is 18.0 Å². The van der Waals surface area contributed by atoms with Crippen molar-refractivity contribution < 1.29 is 4.79 Å². The molecule has 1 amide bonds. The molecule has 1 atom stereocenters. The molecule has 3 nitrogen and oxygen atoms in total. The number of amides is 1. The Morgan fingerprint density at radius 1 is 1.75 bits per heavy atom. The summed E-state index contributed by atoms with van der Waals surface area (Å²) in [5.41, 5.74) is 11.4. The van der Waals surface area contributed by atoms with Crippen molar-refractivity contribution in [3.63, 3.8) is 0 Å². The van der Waals surface area contributed by atoms with Crippen molar-refractivity contribution in [2.24, 2.45) is 11.5 Å². The van der Waals surface area contributed by atoms with E-state index in [0.717, 1.165) is 5.56 Å². The molecule has 1 aromatic heterocycles. The van der Waals surface area contributed by atoms with Gasteiger partial charge in [0, 0.05) is 12.5 Å². The molecule has 0 bridgehead atoms. The van der Waals surface area contributed by atoms with Gasteiger partial charge in [-0.2, -0.15) is 0 Å². The third kappa shape index (κ3) is 2.20. The van der Waals surface area contributed by atoms with Gasteiger partial charge in [-0.05, 0) is 17.0 Å². The molecule has 0 fully saturated rings. The molecule has 0 spiro atoms. The Morgan fingerprint density at radius 2 is 2.42 bits per heavy atom. The number of carbonyl (C=O) groups excluding carboxylic acids is 1. The molecule has 5 heteroatoms. The van der Waals surface area contributed by atoms with E-state index >= 15 is 0 Å². The Balaban J connectivity index is 2.71. The molecule has 0 aliphatic carbocycles. The van der Waals surface area contributed by atoms with Gasteiger partial charge in [0.2, 0.25) is 5.91 Å². The minimum atomic E-state index is -0.412. The minimum Gasteiger partial charge on any atom is -0.370 e. The number of halogens is 1. The standard InChI is InChI=1S/C7H9ClN2OS/c8-7-4(1-2-12-7)5(9)3-6(10)11/h1-2,5H,3,9H2,(H2,10,11). The smallest absolute Gasteiger partial charge is 0.219 e. The maximum absolute atomic E-state index is 10.5. The Morgan fingerprint density at radius 3 is 2.83 bits per heavy atom. The number of carbonyl (C=O) groups is 1. The van der Waals surface area contributed by atoms with E-state index in [2.05, 4.69) is 0 Å². The fourth-order valence-electron chi connectivity index (χ4n) is 0.897. The first-order valence-electron chi connectivity index (χ1n) is 3.38. The first-order chi connectivity index (χ1) is 5.61. The molecule has 1 aromatic rings. The first kappa shape index (κ1) is 9.51. The van der Waals surface area contributed by atoms with E-state index in [4.69, 9.17) is 23.1 Å². The van der Waals surface area contributed by atoms with Gasteiger partial charge in [0.1, 0.15) is 0 Å². The average molecular weight is 205 g/mol. The predicted molar refractivity (Wildman–Crippen MR) is 50.1 cm³/mol. The van der Waals surface area contributed by atoms with Crippen molar-refractivity contribution in [3.8, 4) is 0 Å². The second kappa shape index (κ2) is 3.89. The lowest BCUT2D eigenvalue weighted by atomic mass is 10.1. The summed E-state index contributed by atoms with van der Waals surface area (Å²) in [6.45, 7) is 0. The zero-order valence-electron chi connectivity index (χ0n) is 6.29. The molecule has 0 saturated carbocycles. The Hall–Kier alpha value is -0.580. The summed E-state index contributed by atoms with van der Waals surface area (Å²) < 4.78 is 0.628. The van der Waals surface area contributed by atoms with E-state index in [1.54, 1.807) is 6.07 Å². The number of rotatable bonds is 3. The van der Waals surface area contributed by atoms with Crippen LogP contribution in [-0.2, 0) is 4.79 Å². The van der Waals surface area contributed by atoms with Gasteiger partial charge in [0.15, 0.2) is 0 Å². The van der Waals surface area contributed by atoms with E-state index < -0.39 is 5.91 Å². The fraction of sp³-hybridized carbons (Fsp3) is 0.286. The van der Waals surface area contributed by atoms with E-state index in [-0.39, 0.29) is 12.5 Å². The number of hydrogen-bond donors (Lipinski definition) is 2. The van der Waals surface area contributed by atoms with Crippen LogP contribution in [0.5, 0.6) is 0 Å². The van der Waals surface area contributed by atoms with E-state index in [9.17, 15) is 4.79 Å². The molecule has 0 aliphatic rings. The Kier molecular flexibility index (Phi) is 3.08. The van der Waals surface area contributed by atoms with E-state index in [1.165, 1.54) is 11.3 Å². The van der Waals surface area contributed by atoms with Gasteiger partial charge in [-0.25, -0.2) is 0 Å². The molecule has 0 aliphatic heterocycles. The van der Waals surface area contributed by atoms with Crippen LogP contribution < -0.4 is 11.5 Å². The van der Waals surface area contributed by atoms with Crippen LogP contribution in [0, 0.1) is 0 Å². The zero-order chi connectivity index (χ0) is 9.14. The summed E-state index contributed by atoms with van der Waals surface area (Å²) in [4.78, 5) is 10.5. The summed E-state index contributed by atoms with van der Waals surface area (Å²) in [6.07, 6.45) is 0.135. The summed E-state index contributed by atoms with van der Waals surface area (Å²) in [5, 5.41) is 1.83. The highest BCUT2D eigenvalue weighted by Crippen LogP contribution is 2.28. The van der Waals surface area contributed by atoms with Gasteiger partial charge >= 0.3 is 0 Å². The zero-order valence-corrected chi connectivity index (χ0v) is 7.86. The van der Waals surface area contributed by atoms with Crippen LogP contribution in [0.15, 0.2) is 11.4 Å². The number of hydrogen-bond acceptors (Lipinski definition) is 3. The van der Waals surface area contributed by atoms with Gasteiger partial charge in [0.25, 0.3) is 0 Å². The fourth-order valence-corrected chi connectivity index (χ4v) is 1.94. The Bertz CT molecular complexity index is 287. The van der Waals surface area contributed by atoms with Gasteiger partial charge in [0.05, 0.1) is 4.34 Å². The van der Waals surface area contributed by atoms with Crippen molar-refractivity contribution in [1.82, 2.24) is 0 Å². The topological polar surface area (TPSA) is 69.1 Å². The number of nitrogens with two attached hydrogens (primary N) is 2. The predicted octanol–water partition coefficient (Wildman–Crippen LogP) is 1.28. The van der Waals surface area contributed by atoms with Crippen molar-refractivity contribution in [2.75, 3.05) is 0 Å². The second-order valence-electron chi connectivity index (χ2n) is 2.43. The van der Waals surface area contributed by atoms with Crippen molar-refractivity contribution in [1.29, 1.82) is 0 Å². The molecule has 1 unspecified atom stereocenters. The highest BCUT2D eigenvalue weighted by atomic mass is 35.5. The largest absolute Gasteiger partial charge is 0.370 e. The molecule has 0 aromatic carbocycles. The quantitative estimate of drug-likeness (QED) is 0.779. The lowest BCUT2D eigenvalue weighted by molar-refractivity contribution is -0.118. The minimum absolute atomic E-state index is 0.135. The molecule has 4 N–H and O–H groups in total. The van der Waals surface area contributed by atoms with Gasteiger partial charge in [-0.3, -0.25) is 4.79 Å². The summed E-state index contributed by atoms with van der Waals surface area (Å²) in [6, 6.07) is 1.43. The van der Waals surface area contributed by atoms with E-state index in [1.807, 2.05) is 5.38 Å². The lowest BCUT2D eigenvalue weighted by Crippen LogP contribution is -2.20. The molecule has 0 radical (unpaired) electrons. The van der Waals surface area contributed by atoms with Gasteiger partial charge in [-0.15, -0.1) is 11.3 Å². The highest BCUT2D eigenvalue weighted by molar-refractivity contribution is 7.14. The number of primary amides is 1. The first-order valence-corrected chi connectivity index (χ1v) is 4.64. The van der Waals surface area contributed by atoms with Crippen molar-refractivity contribution in [3.05, 3.63) is 21.3 Å². The summed E-state index contributed by atoms with van der Waals surface area (Å²) in [7, 11) is 0. The average Bonchev–Trinajstić information content (AvgIpc) is 2.33. The van der Waals surface area contributed by atoms with Crippen LogP contribution in [0.4, 0.5) is 0 Å². The third-order valence-electron chi connectivity index (χ3n) is 1.47. The van der Waals surface area contributed by atoms with Gasteiger partial charge in [-0.1, -0.05) is 11.6 Å². The monoisotopic (exact) mass is 204 g/mol. The van der Waals surface area contributed by atoms with Crippen LogP contribution >= 0.6 is 22.9 Å². The lowest BCUT2D eigenvalue weighted by Gasteiger charge is -2.06. The van der Waals surface area contributed by atoms with Crippen LogP contribution in [0.25, 0.3) is 0 Å². The SMILES string of the molecule is NC(=O)CC(N)c1ccsc1Cl. The molecule has 0 saturated heterocycles. The maximum Gasteiger partial charge on any atom is 0.219 e. The second-order valence-corrected chi connectivity index (χ2v) is 3.94. The molecule has 66 valence electrons. The number of thiophene rings is 1. The summed E-state index contributed by atoms with van der Waals surface area (Å²) in [5.74, 6) is -0.412. The third-order valence-corrected chi connectivity index (χ3v) is 2.67. The van der Waals surface area contributed by atoms with Crippen LogP contribution in [-0.4, -0.2) is 5.91 Å². The summed E-state index contributed by atoms with van der Waals surface area (Å²) >= 11 is 7.20. The van der Waals surface area contributed by atoms with Gasteiger partial charge < -0.3 is 11.5 Å². The molecular formula is C7H9ClN2OS. The van der Waals surface area contributed by atoms with Crippen LogP contribution in [0.3, 0.4) is 0 Å². The molecule has 12 heavy (non-hydrogen) atoms. The maximum atomic E-state index is 10.5. The highest BCUT2D eigenvalue weighted by Gasteiger charge is 2.12. The van der Waals surface area contributed by atoms with Crippen molar-refractivity contribution >= 4 is 28.8 Å². The Labute approximate surface area is 79.3 Å². The van der Waals surface area contributed by atoms with E-state index in [0.29, 0.717) is 4.34 Å². The van der Waals surface area contributed by atoms with Crippen LogP contribution in [0.2, 0.25) is 4.34 Å².